The minimum Gasteiger partial charge on any atom is -0.374 e. The van der Waals surface area contributed by atoms with Gasteiger partial charge in [-0.1, -0.05) is 32.0 Å². The summed E-state index contributed by atoms with van der Waals surface area (Å²) in [7, 11) is 0. The van der Waals surface area contributed by atoms with E-state index in [1.165, 1.54) is 0 Å². The van der Waals surface area contributed by atoms with Crippen LogP contribution in [0.3, 0.4) is 0 Å². The number of fused-ring (bicyclic) bond motifs is 2. The van der Waals surface area contributed by atoms with Gasteiger partial charge in [-0.2, -0.15) is 5.10 Å². The van der Waals surface area contributed by atoms with Crippen LogP contribution in [-0.4, -0.2) is 41.5 Å². The molecule has 1 atom stereocenters. The summed E-state index contributed by atoms with van der Waals surface area (Å²) in [6.45, 7) is 4.06. The SMILES string of the molecule is CC(C)CC(O)Nc1cncc(-c2ncc3[nH]nc(-c4nc5c(-c6cccs6)cccc5[nH]4)c3c2F)c1. The van der Waals surface area contributed by atoms with Crippen molar-refractivity contribution >= 4 is 39.0 Å². The second-order valence-electron chi connectivity index (χ2n) is 9.30. The predicted octanol–water partition coefficient (Wildman–Crippen LogP) is 6.21. The normalized spacial score (nSPS) is 12.6. The summed E-state index contributed by atoms with van der Waals surface area (Å²) in [4.78, 5) is 17.8. The Balaban J connectivity index is 1.42. The van der Waals surface area contributed by atoms with Gasteiger partial charge in [-0.3, -0.25) is 15.1 Å². The maximum atomic E-state index is 16.0. The van der Waals surface area contributed by atoms with E-state index in [2.05, 4.69) is 30.5 Å². The summed E-state index contributed by atoms with van der Waals surface area (Å²) >= 11 is 1.64. The number of imidazole rings is 1. The molecule has 186 valence electrons. The molecule has 0 aliphatic heterocycles. The highest BCUT2D eigenvalue weighted by Gasteiger charge is 2.21. The van der Waals surface area contributed by atoms with Crippen molar-refractivity contribution in [3.63, 3.8) is 0 Å². The van der Waals surface area contributed by atoms with Gasteiger partial charge in [-0.25, -0.2) is 9.37 Å². The molecule has 0 saturated heterocycles. The Labute approximate surface area is 215 Å². The largest absolute Gasteiger partial charge is 0.374 e. The van der Waals surface area contributed by atoms with E-state index in [0.717, 1.165) is 21.5 Å². The highest BCUT2D eigenvalue weighted by Crippen LogP contribution is 2.35. The van der Waals surface area contributed by atoms with E-state index >= 15 is 4.39 Å². The number of hydrogen-bond acceptors (Lipinski definition) is 7. The molecule has 0 aliphatic carbocycles. The standard InChI is InChI=1S/C27H24FN7OS/c1-14(2)9-21(36)31-16-10-15(11-29-12-16)24-23(28)22-19(13-30-24)34-35-26(22)27-32-18-6-3-5-17(25(18)33-27)20-7-4-8-37-20/h3-8,10-14,21,31,36H,9H2,1-2H3,(H,32,33)(H,34,35). The monoisotopic (exact) mass is 513 g/mol. The van der Waals surface area contributed by atoms with Crippen molar-refractivity contribution in [2.24, 2.45) is 5.92 Å². The molecule has 0 amide bonds. The van der Waals surface area contributed by atoms with Crippen LogP contribution in [0.2, 0.25) is 0 Å². The number of para-hydroxylation sites is 1. The number of aliphatic hydroxyl groups is 1. The Bertz CT molecular complexity index is 1710. The summed E-state index contributed by atoms with van der Waals surface area (Å²) < 4.78 is 16.0. The lowest BCUT2D eigenvalue weighted by Crippen LogP contribution is -2.20. The van der Waals surface area contributed by atoms with Crippen molar-refractivity contribution in [2.75, 3.05) is 5.32 Å². The van der Waals surface area contributed by atoms with Crippen molar-refractivity contribution in [3.05, 3.63) is 66.2 Å². The third-order valence-electron chi connectivity index (χ3n) is 6.11. The molecular weight excluding hydrogens is 489 g/mol. The Hall–Kier alpha value is -4.15. The number of aromatic amines is 2. The number of aromatic nitrogens is 6. The van der Waals surface area contributed by atoms with Crippen LogP contribution in [0.4, 0.5) is 10.1 Å². The van der Waals surface area contributed by atoms with E-state index < -0.39 is 12.0 Å². The van der Waals surface area contributed by atoms with Gasteiger partial charge in [0.05, 0.1) is 40.0 Å². The van der Waals surface area contributed by atoms with Crippen LogP contribution in [-0.2, 0) is 0 Å². The molecule has 1 unspecified atom stereocenters. The molecule has 0 spiro atoms. The molecule has 5 heterocycles. The average Bonchev–Trinajstić information content (AvgIpc) is 3.62. The lowest BCUT2D eigenvalue weighted by molar-refractivity contribution is 0.176. The molecule has 5 aromatic heterocycles. The molecule has 1 aromatic carbocycles. The van der Waals surface area contributed by atoms with Crippen LogP contribution in [0.5, 0.6) is 0 Å². The molecule has 10 heteroatoms. The van der Waals surface area contributed by atoms with E-state index in [1.807, 2.05) is 49.6 Å². The number of nitrogens with one attached hydrogen (secondary N) is 3. The van der Waals surface area contributed by atoms with Crippen molar-refractivity contribution in [1.29, 1.82) is 0 Å². The summed E-state index contributed by atoms with van der Waals surface area (Å²) in [5.41, 5.74) is 4.69. The molecular formula is C27H24FN7OS. The maximum absolute atomic E-state index is 16.0. The number of hydrogen-bond donors (Lipinski definition) is 4. The van der Waals surface area contributed by atoms with Gasteiger partial charge in [0, 0.05) is 22.2 Å². The molecule has 4 N–H and O–H groups in total. The minimum atomic E-state index is -0.732. The van der Waals surface area contributed by atoms with E-state index in [1.54, 1.807) is 36.0 Å². The van der Waals surface area contributed by atoms with Crippen molar-refractivity contribution in [2.45, 2.75) is 26.5 Å². The Kier molecular flexibility index (Phi) is 5.90. The fraction of sp³-hybridized carbons (Fsp3) is 0.185. The number of nitrogens with zero attached hydrogens (tertiary/aromatic N) is 4. The first-order chi connectivity index (χ1) is 18.0. The molecule has 0 aliphatic rings. The first-order valence-corrected chi connectivity index (χ1v) is 12.8. The van der Waals surface area contributed by atoms with Gasteiger partial charge in [0.1, 0.15) is 17.6 Å². The summed E-state index contributed by atoms with van der Waals surface area (Å²) in [5.74, 6) is 0.257. The van der Waals surface area contributed by atoms with Gasteiger partial charge in [-0.05, 0) is 35.9 Å². The summed E-state index contributed by atoms with van der Waals surface area (Å²) in [5, 5.41) is 22.8. The molecule has 6 aromatic rings. The lowest BCUT2D eigenvalue weighted by atomic mass is 10.1. The zero-order chi connectivity index (χ0) is 25.5. The van der Waals surface area contributed by atoms with Crippen LogP contribution in [0.15, 0.2) is 60.4 Å². The molecule has 37 heavy (non-hydrogen) atoms. The minimum absolute atomic E-state index is 0.139. The number of aliphatic hydroxyl groups excluding tert-OH is 1. The van der Waals surface area contributed by atoms with Crippen molar-refractivity contribution in [1.82, 2.24) is 30.1 Å². The Morgan fingerprint density at radius 1 is 1.08 bits per heavy atom. The van der Waals surface area contributed by atoms with Gasteiger partial charge >= 0.3 is 0 Å². The molecule has 0 fully saturated rings. The average molecular weight is 514 g/mol. The fourth-order valence-electron chi connectivity index (χ4n) is 4.47. The fourth-order valence-corrected chi connectivity index (χ4v) is 5.22. The van der Waals surface area contributed by atoms with Crippen molar-refractivity contribution < 1.29 is 9.50 Å². The number of pyridine rings is 2. The molecule has 0 radical (unpaired) electrons. The molecule has 0 bridgehead atoms. The topological polar surface area (TPSA) is 115 Å². The first kappa shape index (κ1) is 23.3. The zero-order valence-corrected chi connectivity index (χ0v) is 21.0. The smallest absolute Gasteiger partial charge is 0.161 e. The summed E-state index contributed by atoms with van der Waals surface area (Å²) in [6.07, 6.45) is 4.53. The quantitative estimate of drug-likeness (QED) is 0.189. The van der Waals surface area contributed by atoms with Gasteiger partial charge in [-0.15, -0.1) is 11.3 Å². The predicted molar refractivity (Wildman–Crippen MR) is 145 cm³/mol. The second kappa shape index (κ2) is 9.38. The van der Waals surface area contributed by atoms with E-state index in [-0.39, 0.29) is 5.69 Å². The second-order valence-corrected chi connectivity index (χ2v) is 10.2. The van der Waals surface area contributed by atoms with Gasteiger partial charge in [0.15, 0.2) is 11.6 Å². The number of anilines is 1. The third-order valence-corrected chi connectivity index (χ3v) is 7.01. The van der Waals surface area contributed by atoms with E-state index in [4.69, 9.17) is 4.98 Å². The van der Waals surface area contributed by atoms with Crippen molar-refractivity contribution in [3.8, 4) is 33.2 Å². The van der Waals surface area contributed by atoms with Crippen LogP contribution < -0.4 is 5.32 Å². The van der Waals surface area contributed by atoms with Gasteiger partial charge in [0.2, 0.25) is 0 Å². The molecule has 8 nitrogen and oxygen atoms in total. The first-order valence-electron chi connectivity index (χ1n) is 11.9. The number of H-pyrrole nitrogens is 2. The highest BCUT2D eigenvalue weighted by atomic mass is 32.1. The van der Waals surface area contributed by atoms with Crippen LogP contribution >= 0.6 is 11.3 Å². The number of thiophene rings is 1. The maximum Gasteiger partial charge on any atom is 0.161 e. The number of rotatable bonds is 7. The third kappa shape index (κ3) is 4.34. The Morgan fingerprint density at radius 3 is 2.78 bits per heavy atom. The lowest BCUT2D eigenvalue weighted by Gasteiger charge is -2.16. The van der Waals surface area contributed by atoms with E-state index in [9.17, 15) is 5.11 Å². The van der Waals surface area contributed by atoms with Gasteiger partial charge in [0.25, 0.3) is 0 Å². The number of benzene rings is 1. The van der Waals surface area contributed by atoms with Gasteiger partial charge < -0.3 is 15.4 Å². The Morgan fingerprint density at radius 2 is 1.97 bits per heavy atom. The molecule has 6 rings (SSSR count). The van der Waals surface area contributed by atoms with Crippen LogP contribution in [0, 0.1) is 11.7 Å². The van der Waals surface area contributed by atoms with Crippen LogP contribution in [0.25, 0.3) is 55.2 Å². The number of halogens is 1. The van der Waals surface area contributed by atoms with E-state index in [0.29, 0.717) is 46.0 Å². The van der Waals surface area contributed by atoms with Crippen LogP contribution in [0.1, 0.15) is 20.3 Å². The molecule has 0 saturated carbocycles. The zero-order valence-electron chi connectivity index (χ0n) is 20.2. The highest BCUT2D eigenvalue weighted by molar-refractivity contribution is 7.13. The summed E-state index contributed by atoms with van der Waals surface area (Å²) in [6, 6.07) is 11.7.